The van der Waals surface area contributed by atoms with Gasteiger partial charge in [0.1, 0.15) is 6.54 Å². The van der Waals surface area contributed by atoms with Gasteiger partial charge < -0.3 is 16.0 Å². The quantitative estimate of drug-likeness (QED) is 0.715. The largest absolute Gasteiger partial charge is 0.399 e. The summed E-state index contributed by atoms with van der Waals surface area (Å²) >= 11 is 11.9. The molecule has 7 heteroatoms. The van der Waals surface area contributed by atoms with Gasteiger partial charge in [0.2, 0.25) is 5.91 Å². The first kappa shape index (κ1) is 20.1. The molecule has 5 nitrogen and oxygen atoms in total. The van der Waals surface area contributed by atoms with Crippen LogP contribution in [0.1, 0.15) is 29.3 Å². The maximum Gasteiger partial charge on any atom is 0.254 e. The normalized spacial score (nSPS) is 10.5. The Bertz CT molecular complexity index is 824. The van der Waals surface area contributed by atoms with Crippen LogP contribution in [0.5, 0.6) is 0 Å². The second-order valence-electron chi connectivity index (χ2n) is 5.97. The molecule has 0 bridgehead atoms. The van der Waals surface area contributed by atoms with Gasteiger partial charge in [-0.05, 0) is 49.2 Å². The lowest BCUT2D eigenvalue weighted by atomic mass is 10.1. The van der Waals surface area contributed by atoms with Crippen molar-refractivity contribution in [2.75, 3.05) is 24.1 Å². The van der Waals surface area contributed by atoms with E-state index in [0.717, 1.165) is 12.0 Å². The van der Waals surface area contributed by atoms with Crippen LogP contribution in [0.15, 0.2) is 36.4 Å². The van der Waals surface area contributed by atoms with E-state index in [4.69, 9.17) is 28.9 Å². The van der Waals surface area contributed by atoms with Crippen molar-refractivity contribution in [2.45, 2.75) is 20.3 Å². The van der Waals surface area contributed by atoms with Crippen LogP contribution < -0.4 is 11.1 Å². The molecule has 26 heavy (non-hydrogen) atoms. The summed E-state index contributed by atoms with van der Waals surface area (Å²) < 4.78 is 0. The lowest BCUT2D eigenvalue weighted by molar-refractivity contribution is -0.116. The summed E-state index contributed by atoms with van der Waals surface area (Å²) in [6.45, 7) is 4.15. The number of nitrogens with one attached hydrogen (secondary N) is 1. The van der Waals surface area contributed by atoms with Crippen LogP contribution in [0, 0.1) is 6.92 Å². The van der Waals surface area contributed by atoms with Gasteiger partial charge in [-0.3, -0.25) is 9.59 Å². The minimum absolute atomic E-state index is 0.0835. The smallest absolute Gasteiger partial charge is 0.254 e. The minimum Gasteiger partial charge on any atom is -0.399 e. The number of nitrogen functional groups attached to an aromatic ring is 1. The van der Waals surface area contributed by atoms with Crippen molar-refractivity contribution < 1.29 is 9.59 Å². The van der Waals surface area contributed by atoms with Crippen molar-refractivity contribution >= 4 is 46.4 Å². The Hall–Kier alpha value is -2.24. The first-order valence-electron chi connectivity index (χ1n) is 8.22. The molecule has 2 aromatic carbocycles. The predicted octanol–water partition coefficient (Wildman–Crippen LogP) is 4.37. The van der Waals surface area contributed by atoms with Gasteiger partial charge in [-0.15, -0.1) is 0 Å². The second-order valence-corrected chi connectivity index (χ2v) is 6.82. The van der Waals surface area contributed by atoms with Crippen LogP contribution in [0.2, 0.25) is 10.0 Å². The average Bonchev–Trinajstić information content (AvgIpc) is 2.58. The van der Waals surface area contributed by atoms with E-state index in [-0.39, 0.29) is 18.4 Å². The Morgan fingerprint density at radius 2 is 1.88 bits per heavy atom. The van der Waals surface area contributed by atoms with E-state index in [0.29, 0.717) is 33.5 Å². The van der Waals surface area contributed by atoms with Gasteiger partial charge in [-0.1, -0.05) is 36.2 Å². The monoisotopic (exact) mass is 393 g/mol. The van der Waals surface area contributed by atoms with E-state index in [1.165, 1.54) is 4.90 Å². The van der Waals surface area contributed by atoms with E-state index in [1.54, 1.807) is 36.4 Å². The number of nitrogens with zero attached hydrogens (tertiary/aromatic N) is 1. The molecule has 2 aromatic rings. The molecule has 138 valence electrons. The molecule has 0 atom stereocenters. The molecule has 3 N–H and O–H groups in total. The number of hydrogen-bond acceptors (Lipinski definition) is 3. The highest BCUT2D eigenvalue weighted by Gasteiger charge is 2.20. The number of halogens is 2. The number of benzene rings is 2. The SMILES string of the molecule is CCCN(CC(=O)Nc1ccc(Cl)cc1Cl)C(=O)c1cc(N)ccc1C. The Labute approximate surface area is 163 Å². The fourth-order valence-electron chi connectivity index (χ4n) is 2.52. The molecule has 0 aliphatic heterocycles. The molecule has 0 aliphatic carbocycles. The Kier molecular flexibility index (Phi) is 6.89. The Morgan fingerprint density at radius 3 is 2.54 bits per heavy atom. The maximum atomic E-state index is 12.9. The third-order valence-corrected chi connectivity index (χ3v) is 4.36. The molecule has 0 aliphatic rings. The summed E-state index contributed by atoms with van der Waals surface area (Å²) in [4.78, 5) is 26.8. The van der Waals surface area contributed by atoms with Crippen molar-refractivity contribution in [3.63, 3.8) is 0 Å². The minimum atomic E-state index is -0.336. The lowest BCUT2D eigenvalue weighted by Gasteiger charge is -2.23. The number of carbonyl (C=O) groups excluding carboxylic acids is 2. The summed E-state index contributed by atoms with van der Waals surface area (Å²) in [6.07, 6.45) is 0.724. The van der Waals surface area contributed by atoms with Crippen LogP contribution in [0.3, 0.4) is 0 Å². The van der Waals surface area contributed by atoms with E-state index in [1.807, 2.05) is 13.8 Å². The highest BCUT2D eigenvalue weighted by molar-refractivity contribution is 6.36. The van der Waals surface area contributed by atoms with Gasteiger partial charge in [0.15, 0.2) is 0 Å². The van der Waals surface area contributed by atoms with Crippen molar-refractivity contribution in [1.29, 1.82) is 0 Å². The zero-order valence-electron chi connectivity index (χ0n) is 14.7. The molecule has 0 fully saturated rings. The molecular weight excluding hydrogens is 373 g/mol. The fourth-order valence-corrected chi connectivity index (χ4v) is 2.97. The van der Waals surface area contributed by atoms with Gasteiger partial charge >= 0.3 is 0 Å². The Balaban J connectivity index is 2.15. The third-order valence-electron chi connectivity index (χ3n) is 3.81. The first-order chi connectivity index (χ1) is 12.3. The molecule has 0 spiro atoms. The van der Waals surface area contributed by atoms with Gasteiger partial charge in [-0.25, -0.2) is 0 Å². The first-order valence-corrected chi connectivity index (χ1v) is 8.97. The zero-order chi connectivity index (χ0) is 19.3. The van der Waals surface area contributed by atoms with Crippen molar-refractivity contribution in [1.82, 2.24) is 4.90 Å². The van der Waals surface area contributed by atoms with Gasteiger partial charge in [0.25, 0.3) is 5.91 Å². The number of rotatable bonds is 6. The fraction of sp³-hybridized carbons (Fsp3) is 0.263. The van der Waals surface area contributed by atoms with Gasteiger partial charge in [-0.2, -0.15) is 0 Å². The second kappa shape index (κ2) is 8.92. The third kappa shape index (κ3) is 5.13. The van der Waals surface area contributed by atoms with Gasteiger partial charge in [0.05, 0.1) is 10.7 Å². The summed E-state index contributed by atoms with van der Waals surface area (Å²) in [6, 6.07) is 9.97. The molecule has 0 aromatic heterocycles. The maximum absolute atomic E-state index is 12.9. The van der Waals surface area contributed by atoms with E-state index >= 15 is 0 Å². The van der Waals surface area contributed by atoms with Gasteiger partial charge in [0, 0.05) is 22.8 Å². The number of nitrogens with two attached hydrogens (primary N) is 1. The highest BCUT2D eigenvalue weighted by atomic mass is 35.5. The standard InChI is InChI=1S/C19H21Cl2N3O2/c1-3-8-24(19(26)15-10-14(22)6-4-12(15)2)11-18(25)23-17-7-5-13(20)9-16(17)21/h4-7,9-10H,3,8,11,22H2,1-2H3,(H,23,25). The molecule has 2 amide bonds. The van der Waals surface area contributed by atoms with Crippen LogP contribution in [0.4, 0.5) is 11.4 Å². The van der Waals surface area contributed by atoms with E-state index < -0.39 is 0 Å². The molecule has 0 saturated carbocycles. The summed E-state index contributed by atoms with van der Waals surface area (Å²) in [5.41, 5.74) is 8.06. The number of carbonyl (C=O) groups is 2. The predicted molar refractivity (Wildman–Crippen MR) is 107 cm³/mol. The van der Waals surface area contributed by atoms with E-state index in [9.17, 15) is 9.59 Å². The zero-order valence-corrected chi connectivity index (χ0v) is 16.2. The molecule has 0 unspecified atom stereocenters. The molecule has 2 rings (SSSR count). The van der Waals surface area contributed by atoms with Crippen LogP contribution in [0.25, 0.3) is 0 Å². The van der Waals surface area contributed by atoms with Crippen LogP contribution in [-0.2, 0) is 4.79 Å². The number of amides is 2. The summed E-state index contributed by atoms with van der Waals surface area (Å²) in [5.74, 6) is -0.563. The van der Waals surface area contributed by atoms with Crippen LogP contribution >= 0.6 is 23.2 Å². The topological polar surface area (TPSA) is 75.4 Å². The summed E-state index contributed by atoms with van der Waals surface area (Å²) in [5, 5.41) is 3.53. The van der Waals surface area contributed by atoms with E-state index in [2.05, 4.69) is 5.32 Å². The number of aryl methyl sites for hydroxylation is 1. The van der Waals surface area contributed by atoms with Crippen molar-refractivity contribution in [3.05, 3.63) is 57.6 Å². The summed E-state index contributed by atoms with van der Waals surface area (Å²) in [7, 11) is 0. The molecule has 0 saturated heterocycles. The number of hydrogen-bond donors (Lipinski definition) is 2. The molecular formula is C19H21Cl2N3O2. The lowest BCUT2D eigenvalue weighted by Crippen LogP contribution is -2.38. The van der Waals surface area contributed by atoms with Crippen molar-refractivity contribution in [3.8, 4) is 0 Å². The van der Waals surface area contributed by atoms with Crippen LogP contribution in [-0.4, -0.2) is 29.8 Å². The highest BCUT2D eigenvalue weighted by Crippen LogP contribution is 2.25. The molecule has 0 heterocycles. The average molecular weight is 394 g/mol. The van der Waals surface area contributed by atoms with Crippen molar-refractivity contribution in [2.24, 2.45) is 0 Å². The Morgan fingerprint density at radius 1 is 1.15 bits per heavy atom. The molecule has 0 radical (unpaired) electrons. The number of anilines is 2.